The normalized spacial score (nSPS) is 16.3. The highest BCUT2D eigenvalue weighted by atomic mass is 16.5. The average Bonchev–Trinajstić information content (AvgIpc) is 2.45. The lowest BCUT2D eigenvalue weighted by molar-refractivity contribution is -0.117. The van der Waals surface area contributed by atoms with Gasteiger partial charge in [-0.05, 0) is 5.56 Å². The van der Waals surface area contributed by atoms with Crippen molar-refractivity contribution < 1.29 is 14.3 Å². The first-order chi connectivity index (χ1) is 9.25. The highest BCUT2D eigenvalue weighted by Gasteiger charge is 2.11. The number of carbonyl (C=O) groups excluding carboxylic acids is 1. The Labute approximate surface area is 113 Å². The van der Waals surface area contributed by atoms with Crippen LogP contribution in [0.1, 0.15) is 12.5 Å². The zero-order chi connectivity index (χ0) is 13.5. The predicted molar refractivity (Wildman–Crippen MR) is 72.4 cm³/mol. The molecule has 19 heavy (non-hydrogen) atoms. The Balaban J connectivity index is 1.96. The van der Waals surface area contributed by atoms with Gasteiger partial charge in [-0.25, -0.2) is 0 Å². The van der Waals surface area contributed by atoms with Gasteiger partial charge in [0.1, 0.15) is 6.61 Å². The number of Topliss-reactive ketones (excluding diaryl/α,β-unsaturated/α-hetero) is 1. The van der Waals surface area contributed by atoms with Gasteiger partial charge in [-0.1, -0.05) is 30.3 Å². The van der Waals surface area contributed by atoms with E-state index >= 15 is 0 Å². The summed E-state index contributed by atoms with van der Waals surface area (Å²) in [6.45, 7) is 4.92. The van der Waals surface area contributed by atoms with Crippen LogP contribution in [0, 0.1) is 0 Å². The van der Waals surface area contributed by atoms with Crippen molar-refractivity contribution in [3.63, 3.8) is 0 Å². The third-order valence-electron chi connectivity index (χ3n) is 2.93. The van der Waals surface area contributed by atoms with Gasteiger partial charge in [-0.3, -0.25) is 4.79 Å². The first-order valence-electron chi connectivity index (χ1n) is 6.47. The van der Waals surface area contributed by atoms with E-state index in [1.807, 2.05) is 30.3 Å². The molecule has 1 aliphatic rings. The van der Waals surface area contributed by atoms with E-state index in [0.717, 1.165) is 18.7 Å². The van der Waals surface area contributed by atoms with Gasteiger partial charge in [-0.15, -0.1) is 0 Å². The maximum absolute atomic E-state index is 11.6. The van der Waals surface area contributed by atoms with E-state index in [-0.39, 0.29) is 5.78 Å². The summed E-state index contributed by atoms with van der Waals surface area (Å²) in [5.41, 5.74) is 1.05. The third-order valence-corrected chi connectivity index (χ3v) is 2.93. The number of allylic oxidation sites excluding steroid dienone is 1. The molecule has 4 heteroatoms. The van der Waals surface area contributed by atoms with E-state index in [4.69, 9.17) is 9.47 Å². The fraction of sp³-hybridized carbons (Fsp3) is 0.400. The Morgan fingerprint density at radius 1 is 1.32 bits per heavy atom. The average molecular weight is 261 g/mol. The van der Waals surface area contributed by atoms with E-state index in [1.165, 1.54) is 6.92 Å². The molecule has 2 rings (SSSR count). The summed E-state index contributed by atoms with van der Waals surface area (Å²) >= 11 is 0. The van der Waals surface area contributed by atoms with Crippen molar-refractivity contribution in [1.82, 2.24) is 4.90 Å². The van der Waals surface area contributed by atoms with Crippen LogP contribution in [0.5, 0.6) is 0 Å². The van der Waals surface area contributed by atoms with Crippen LogP contribution in [0.2, 0.25) is 0 Å². The van der Waals surface area contributed by atoms with Gasteiger partial charge in [0.25, 0.3) is 0 Å². The Kier molecular flexibility index (Phi) is 4.98. The molecule has 1 aromatic rings. The lowest BCUT2D eigenvalue weighted by Crippen LogP contribution is -2.33. The SMILES string of the molecule is CC(=O)/C(=C/N1CCOCC1)OCc1ccccc1. The van der Waals surface area contributed by atoms with Crippen LogP contribution in [0.4, 0.5) is 0 Å². The van der Waals surface area contributed by atoms with Crippen LogP contribution in [0.3, 0.4) is 0 Å². The number of ketones is 1. The smallest absolute Gasteiger partial charge is 0.195 e. The summed E-state index contributed by atoms with van der Waals surface area (Å²) in [6.07, 6.45) is 1.80. The highest BCUT2D eigenvalue weighted by Crippen LogP contribution is 2.09. The number of morpholine rings is 1. The molecule has 1 saturated heterocycles. The van der Waals surface area contributed by atoms with Crippen molar-refractivity contribution >= 4 is 5.78 Å². The van der Waals surface area contributed by atoms with Crippen molar-refractivity contribution in [2.45, 2.75) is 13.5 Å². The van der Waals surface area contributed by atoms with Crippen molar-refractivity contribution in [2.75, 3.05) is 26.3 Å². The van der Waals surface area contributed by atoms with Gasteiger partial charge in [0, 0.05) is 26.2 Å². The second-order valence-corrected chi connectivity index (χ2v) is 4.47. The van der Waals surface area contributed by atoms with Gasteiger partial charge >= 0.3 is 0 Å². The molecule has 0 aliphatic carbocycles. The number of hydrogen-bond acceptors (Lipinski definition) is 4. The minimum absolute atomic E-state index is 0.0533. The highest BCUT2D eigenvalue weighted by molar-refractivity contribution is 5.91. The van der Waals surface area contributed by atoms with Crippen LogP contribution >= 0.6 is 0 Å². The molecule has 1 aromatic carbocycles. The summed E-state index contributed by atoms with van der Waals surface area (Å²) in [5.74, 6) is 0.355. The van der Waals surface area contributed by atoms with Crippen molar-refractivity contribution in [2.24, 2.45) is 0 Å². The largest absolute Gasteiger partial charge is 0.484 e. The van der Waals surface area contributed by atoms with Gasteiger partial charge in [0.15, 0.2) is 11.5 Å². The van der Waals surface area contributed by atoms with Crippen LogP contribution in [-0.4, -0.2) is 37.0 Å². The molecule has 4 nitrogen and oxygen atoms in total. The second kappa shape index (κ2) is 6.95. The van der Waals surface area contributed by atoms with Crippen molar-refractivity contribution in [1.29, 1.82) is 0 Å². The molecule has 102 valence electrons. The van der Waals surface area contributed by atoms with E-state index in [1.54, 1.807) is 6.20 Å². The molecule has 0 amide bonds. The molecule has 0 spiro atoms. The molecule has 0 unspecified atom stereocenters. The molecule has 0 saturated carbocycles. The summed E-state index contributed by atoms with van der Waals surface area (Å²) in [5, 5.41) is 0. The van der Waals surface area contributed by atoms with Crippen molar-refractivity contribution in [3.8, 4) is 0 Å². The zero-order valence-electron chi connectivity index (χ0n) is 11.2. The van der Waals surface area contributed by atoms with Crippen LogP contribution in [0.15, 0.2) is 42.3 Å². The van der Waals surface area contributed by atoms with E-state index < -0.39 is 0 Å². The van der Waals surface area contributed by atoms with E-state index in [0.29, 0.717) is 25.6 Å². The fourth-order valence-electron chi connectivity index (χ4n) is 1.84. The molecular weight excluding hydrogens is 242 g/mol. The lowest BCUT2D eigenvalue weighted by Gasteiger charge is -2.25. The van der Waals surface area contributed by atoms with Gasteiger partial charge < -0.3 is 14.4 Å². The maximum atomic E-state index is 11.6. The summed E-state index contributed by atoms with van der Waals surface area (Å²) in [7, 11) is 0. The number of nitrogens with zero attached hydrogens (tertiary/aromatic N) is 1. The topological polar surface area (TPSA) is 38.8 Å². The molecule has 1 fully saturated rings. The minimum atomic E-state index is -0.0533. The molecular formula is C15H19NO3. The molecule has 0 aromatic heterocycles. The fourth-order valence-corrected chi connectivity index (χ4v) is 1.84. The first kappa shape index (κ1) is 13.6. The van der Waals surface area contributed by atoms with E-state index in [2.05, 4.69) is 4.90 Å². The second-order valence-electron chi connectivity index (χ2n) is 4.47. The number of carbonyl (C=O) groups is 1. The summed E-state index contributed by atoms with van der Waals surface area (Å²) in [4.78, 5) is 13.6. The van der Waals surface area contributed by atoms with Crippen LogP contribution < -0.4 is 0 Å². The molecule has 0 atom stereocenters. The Morgan fingerprint density at radius 3 is 2.63 bits per heavy atom. The Hall–Kier alpha value is -1.81. The van der Waals surface area contributed by atoms with Crippen LogP contribution in [0.25, 0.3) is 0 Å². The monoisotopic (exact) mass is 261 g/mol. The number of benzene rings is 1. The Morgan fingerprint density at radius 2 is 2.00 bits per heavy atom. The Bertz CT molecular complexity index is 436. The minimum Gasteiger partial charge on any atom is -0.484 e. The molecule has 0 bridgehead atoms. The quantitative estimate of drug-likeness (QED) is 0.600. The number of hydrogen-bond donors (Lipinski definition) is 0. The van der Waals surface area contributed by atoms with Crippen molar-refractivity contribution in [3.05, 3.63) is 47.9 Å². The van der Waals surface area contributed by atoms with Crippen LogP contribution in [-0.2, 0) is 20.9 Å². The summed E-state index contributed by atoms with van der Waals surface area (Å²) < 4.78 is 10.9. The summed E-state index contributed by atoms with van der Waals surface area (Å²) in [6, 6.07) is 9.83. The maximum Gasteiger partial charge on any atom is 0.195 e. The van der Waals surface area contributed by atoms with Gasteiger partial charge in [0.05, 0.1) is 13.2 Å². The molecule has 0 radical (unpaired) electrons. The molecule has 0 N–H and O–H groups in total. The first-order valence-corrected chi connectivity index (χ1v) is 6.47. The van der Waals surface area contributed by atoms with Gasteiger partial charge in [0.2, 0.25) is 0 Å². The number of rotatable bonds is 5. The lowest BCUT2D eigenvalue weighted by atomic mass is 10.2. The predicted octanol–water partition coefficient (Wildman–Crippen LogP) is 1.97. The van der Waals surface area contributed by atoms with E-state index in [9.17, 15) is 4.79 Å². The zero-order valence-corrected chi connectivity index (χ0v) is 11.2. The molecule has 1 aliphatic heterocycles. The number of ether oxygens (including phenoxy) is 2. The standard InChI is InChI=1S/C15H19NO3/c1-13(17)15(11-16-7-9-18-10-8-16)19-12-14-5-3-2-4-6-14/h2-6,11H,7-10,12H2,1H3/b15-11-. The molecule has 1 heterocycles. The third kappa shape index (κ3) is 4.41. The van der Waals surface area contributed by atoms with Gasteiger partial charge in [-0.2, -0.15) is 0 Å².